The zero-order valence-electron chi connectivity index (χ0n) is 14.2. The van der Waals surface area contributed by atoms with Crippen LogP contribution in [0.5, 0.6) is 0 Å². The SMILES string of the molecule is CCc1ccccc1NC(=O)Cn1ncc2c(=O)oc3ccccc3c21. The Bertz CT molecular complexity index is 1170. The summed E-state index contributed by atoms with van der Waals surface area (Å²) in [7, 11) is 0. The largest absolute Gasteiger partial charge is 0.422 e. The topological polar surface area (TPSA) is 77.1 Å². The average Bonchev–Trinajstić information content (AvgIpc) is 3.07. The van der Waals surface area contributed by atoms with Crippen LogP contribution in [0.15, 0.2) is 63.9 Å². The molecular formula is C20H17N3O3. The normalized spacial score (nSPS) is 11.1. The Labute approximate surface area is 149 Å². The lowest BCUT2D eigenvalue weighted by atomic mass is 10.1. The van der Waals surface area contributed by atoms with Gasteiger partial charge in [0, 0.05) is 11.1 Å². The van der Waals surface area contributed by atoms with Crippen molar-refractivity contribution in [1.29, 1.82) is 0 Å². The van der Waals surface area contributed by atoms with E-state index in [0.29, 0.717) is 16.5 Å². The molecule has 0 bridgehead atoms. The van der Waals surface area contributed by atoms with Crippen molar-refractivity contribution >= 4 is 33.5 Å². The van der Waals surface area contributed by atoms with E-state index in [9.17, 15) is 9.59 Å². The lowest BCUT2D eigenvalue weighted by Crippen LogP contribution is -2.20. The molecule has 1 N–H and O–H groups in total. The van der Waals surface area contributed by atoms with Crippen LogP contribution in [0.25, 0.3) is 21.9 Å². The van der Waals surface area contributed by atoms with Gasteiger partial charge < -0.3 is 9.73 Å². The molecule has 26 heavy (non-hydrogen) atoms. The van der Waals surface area contributed by atoms with Crippen molar-refractivity contribution in [3.05, 3.63) is 70.7 Å². The number of carbonyl (C=O) groups is 1. The zero-order chi connectivity index (χ0) is 18.1. The first-order chi connectivity index (χ1) is 12.7. The van der Waals surface area contributed by atoms with Gasteiger partial charge in [-0.25, -0.2) is 4.79 Å². The number of rotatable bonds is 4. The molecule has 0 saturated heterocycles. The van der Waals surface area contributed by atoms with Crippen LogP contribution in [0.3, 0.4) is 0 Å². The molecule has 4 aromatic rings. The van der Waals surface area contributed by atoms with E-state index in [1.54, 1.807) is 16.8 Å². The number of amides is 1. The molecule has 0 atom stereocenters. The predicted octanol–water partition coefficient (Wildman–Crippen LogP) is 3.34. The van der Waals surface area contributed by atoms with Gasteiger partial charge in [-0.1, -0.05) is 37.3 Å². The van der Waals surface area contributed by atoms with Crippen molar-refractivity contribution in [3.8, 4) is 0 Å². The Balaban J connectivity index is 1.71. The Hall–Kier alpha value is -3.41. The van der Waals surface area contributed by atoms with E-state index in [0.717, 1.165) is 23.1 Å². The highest BCUT2D eigenvalue weighted by Gasteiger charge is 2.15. The van der Waals surface area contributed by atoms with E-state index in [1.807, 2.05) is 43.3 Å². The highest BCUT2D eigenvalue weighted by atomic mass is 16.4. The van der Waals surface area contributed by atoms with E-state index >= 15 is 0 Å². The van der Waals surface area contributed by atoms with Gasteiger partial charge in [0.05, 0.1) is 11.7 Å². The summed E-state index contributed by atoms with van der Waals surface area (Å²) in [6.07, 6.45) is 2.27. The molecule has 0 fully saturated rings. The number of para-hydroxylation sites is 2. The van der Waals surface area contributed by atoms with Gasteiger partial charge in [-0.3, -0.25) is 9.48 Å². The molecule has 0 aliphatic heterocycles. The van der Waals surface area contributed by atoms with E-state index < -0.39 is 5.63 Å². The lowest BCUT2D eigenvalue weighted by molar-refractivity contribution is -0.116. The second kappa shape index (κ2) is 6.48. The number of nitrogens with zero attached hydrogens (tertiary/aromatic N) is 2. The molecule has 2 aromatic carbocycles. The van der Waals surface area contributed by atoms with Gasteiger partial charge in [0.25, 0.3) is 0 Å². The summed E-state index contributed by atoms with van der Waals surface area (Å²) < 4.78 is 6.85. The highest BCUT2D eigenvalue weighted by molar-refractivity contribution is 6.02. The highest BCUT2D eigenvalue weighted by Crippen LogP contribution is 2.22. The van der Waals surface area contributed by atoms with Gasteiger partial charge in [-0.2, -0.15) is 5.10 Å². The second-order valence-electron chi connectivity index (χ2n) is 6.01. The van der Waals surface area contributed by atoms with Crippen molar-refractivity contribution in [2.45, 2.75) is 19.9 Å². The van der Waals surface area contributed by atoms with Crippen LogP contribution in [0, 0.1) is 0 Å². The maximum atomic E-state index is 12.5. The maximum Gasteiger partial charge on any atom is 0.347 e. The van der Waals surface area contributed by atoms with Crippen LogP contribution in [0.4, 0.5) is 5.69 Å². The van der Waals surface area contributed by atoms with Crippen LogP contribution < -0.4 is 10.9 Å². The van der Waals surface area contributed by atoms with Gasteiger partial charge >= 0.3 is 5.63 Å². The average molecular weight is 347 g/mol. The second-order valence-corrected chi connectivity index (χ2v) is 6.01. The minimum atomic E-state index is -0.457. The fourth-order valence-corrected chi connectivity index (χ4v) is 3.12. The molecule has 0 unspecified atom stereocenters. The summed E-state index contributed by atoms with van der Waals surface area (Å²) in [6, 6.07) is 14.9. The molecule has 0 radical (unpaired) electrons. The van der Waals surface area contributed by atoms with Crippen LogP contribution in [0.2, 0.25) is 0 Å². The first-order valence-corrected chi connectivity index (χ1v) is 8.42. The van der Waals surface area contributed by atoms with Crippen molar-refractivity contribution in [3.63, 3.8) is 0 Å². The summed E-state index contributed by atoms with van der Waals surface area (Å²) in [4.78, 5) is 24.7. The number of nitrogens with one attached hydrogen (secondary N) is 1. The zero-order valence-corrected chi connectivity index (χ0v) is 14.2. The summed E-state index contributed by atoms with van der Waals surface area (Å²) in [5.41, 5.74) is 2.49. The summed E-state index contributed by atoms with van der Waals surface area (Å²) >= 11 is 0. The van der Waals surface area contributed by atoms with E-state index in [4.69, 9.17) is 4.42 Å². The first kappa shape index (κ1) is 16.1. The number of aromatic nitrogens is 2. The lowest BCUT2D eigenvalue weighted by Gasteiger charge is -2.10. The van der Waals surface area contributed by atoms with E-state index in [2.05, 4.69) is 10.4 Å². The third-order valence-corrected chi connectivity index (χ3v) is 4.37. The van der Waals surface area contributed by atoms with Gasteiger partial charge in [0.2, 0.25) is 5.91 Å². The number of hydrogen-bond acceptors (Lipinski definition) is 4. The summed E-state index contributed by atoms with van der Waals surface area (Å²) in [6.45, 7) is 2.05. The smallest absolute Gasteiger partial charge is 0.347 e. The molecule has 0 saturated carbocycles. The molecule has 2 aromatic heterocycles. The Kier molecular flexibility index (Phi) is 4.01. The standard InChI is InChI=1S/C20H17N3O3/c1-2-13-7-3-5-9-16(13)22-18(24)12-23-19-14-8-4-6-10-17(14)26-20(25)15(19)11-21-23/h3-11H,2,12H2,1H3,(H,22,24). The number of benzene rings is 2. The molecule has 1 amide bonds. The molecule has 0 aliphatic rings. The molecule has 130 valence electrons. The van der Waals surface area contributed by atoms with Crippen LogP contribution in [-0.4, -0.2) is 15.7 Å². The van der Waals surface area contributed by atoms with Gasteiger partial charge in [0.1, 0.15) is 17.5 Å². The Morgan fingerprint density at radius 1 is 1.12 bits per heavy atom. The molecule has 4 rings (SSSR count). The monoisotopic (exact) mass is 347 g/mol. The van der Waals surface area contributed by atoms with Gasteiger partial charge in [-0.15, -0.1) is 0 Å². The Morgan fingerprint density at radius 3 is 2.73 bits per heavy atom. The quantitative estimate of drug-likeness (QED) is 0.574. The fraction of sp³-hybridized carbons (Fsp3) is 0.150. The first-order valence-electron chi connectivity index (χ1n) is 8.42. The van der Waals surface area contributed by atoms with Crippen molar-refractivity contribution in [1.82, 2.24) is 9.78 Å². The fourth-order valence-electron chi connectivity index (χ4n) is 3.12. The Morgan fingerprint density at radius 2 is 1.88 bits per heavy atom. The minimum Gasteiger partial charge on any atom is -0.422 e. The van der Waals surface area contributed by atoms with E-state index in [-0.39, 0.29) is 12.5 Å². The number of fused-ring (bicyclic) bond motifs is 3. The summed E-state index contributed by atoms with van der Waals surface area (Å²) in [5.74, 6) is -0.201. The number of anilines is 1. The predicted molar refractivity (Wildman–Crippen MR) is 100 cm³/mol. The van der Waals surface area contributed by atoms with Crippen molar-refractivity contribution in [2.24, 2.45) is 0 Å². The van der Waals surface area contributed by atoms with E-state index in [1.165, 1.54) is 6.20 Å². The van der Waals surface area contributed by atoms with Gasteiger partial charge in [-0.05, 0) is 30.2 Å². The van der Waals surface area contributed by atoms with Crippen molar-refractivity contribution in [2.75, 3.05) is 5.32 Å². The van der Waals surface area contributed by atoms with Crippen LogP contribution in [-0.2, 0) is 17.8 Å². The van der Waals surface area contributed by atoms with Crippen molar-refractivity contribution < 1.29 is 9.21 Å². The molecule has 0 spiro atoms. The molecule has 6 nitrogen and oxygen atoms in total. The minimum absolute atomic E-state index is 0.00892. The third-order valence-electron chi connectivity index (χ3n) is 4.37. The number of aryl methyl sites for hydroxylation is 1. The van der Waals surface area contributed by atoms with Gasteiger partial charge in [0.15, 0.2) is 0 Å². The third kappa shape index (κ3) is 2.75. The number of carbonyl (C=O) groups excluding carboxylic acids is 1. The molecule has 2 heterocycles. The van der Waals surface area contributed by atoms with Crippen LogP contribution >= 0.6 is 0 Å². The molecule has 6 heteroatoms. The van der Waals surface area contributed by atoms with Crippen LogP contribution in [0.1, 0.15) is 12.5 Å². The molecule has 0 aliphatic carbocycles. The number of hydrogen-bond donors (Lipinski definition) is 1. The molecular weight excluding hydrogens is 330 g/mol. The maximum absolute atomic E-state index is 12.5. The summed E-state index contributed by atoms with van der Waals surface area (Å²) in [5, 5.41) is 8.27.